The van der Waals surface area contributed by atoms with Gasteiger partial charge in [-0.25, -0.2) is 4.79 Å². The number of ether oxygens (including phenoxy) is 1. The standard InChI is InChI=1S/C22H30N2O2/c1-5-17-11-9-12-19(16(3)4)21(17)24-22(25)23-15-14-18-10-7-8-13-20(18)26-6-2/h7-13,16H,5-6,14-15H2,1-4H3,(H2,23,24,25). The van der Waals surface area contributed by atoms with Crippen LogP contribution in [0, 0.1) is 0 Å². The summed E-state index contributed by atoms with van der Waals surface area (Å²) in [6, 6.07) is 14.0. The van der Waals surface area contributed by atoms with Crippen molar-refractivity contribution in [3.05, 3.63) is 59.2 Å². The molecule has 4 heteroatoms. The Morgan fingerprint density at radius 3 is 2.46 bits per heavy atom. The van der Waals surface area contributed by atoms with Gasteiger partial charge in [-0.1, -0.05) is 57.2 Å². The number of carbonyl (C=O) groups excluding carboxylic acids is 1. The highest BCUT2D eigenvalue weighted by atomic mass is 16.5. The largest absolute Gasteiger partial charge is 0.494 e. The van der Waals surface area contributed by atoms with Gasteiger partial charge in [0.05, 0.1) is 6.61 Å². The second-order valence-corrected chi connectivity index (χ2v) is 6.56. The van der Waals surface area contributed by atoms with Crippen molar-refractivity contribution in [2.45, 2.75) is 46.5 Å². The number of urea groups is 1. The molecule has 0 radical (unpaired) electrons. The Kier molecular flexibility index (Phi) is 7.52. The molecule has 2 aromatic carbocycles. The van der Waals surface area contributed by atoms with Crippen LogP contribution in [0.25, 0.3) is 0 Å². The number of hydrogen-bond acceptors (Lipinski definition) is 2. The molecule has 0 saturated carbocycles. The van der Waals surface area contributed by atoms with Crippen LogP contribution in [-0.2, 0) is 12.8 Å². The maximum atomic E-state index is 12.4. The van der Waals surface area contributed by atoms with E-state index in [2.05, 4.69) is 49.6 Å². The average molecular weight is 354 g/mol. The van der Waals surface area contributed by atoms with Gasteiger partial charge in [-0.2, -0.15) is 0 Å². The molecule has 0 aliphatic heterocycles. The van der Waals surface area contributed by atoms with Gasteiger partial charge in [-0.15, -0.1) is 0 Å². The van der Waals surface area contributed by atoms with Gasteiger partial charge in [0.1, 0.15) is 5.75 Å². The number of rotatable bonds is 8. The molecule has 26 heavy (non-hydrogen) atoms. The molecule has 2 N–H and O–H groups in total. The molecule has 0 unspecified atom stereocenters. The fraction of sp³-hybridized carbons (Fsp3) is 0.409. The smallest absolute Gasteiger partial charge is 0.319 e. The molecule has 0 atom stereocenters. The van der Waals surface area contributed by atoms with Gasteiger partial charge in [0.25, 0.3) is 0 Å². The molecule has 2 amide bonds. The van der Waals surface area contributed by atoms with E-state index in [1.165, 1.54) is 5.56 Å². The van der Waals surface area contributed by atoms with E-state index in [1.807, 2.05) is 31.2 Å². The molecular weight excluding hydrogens is 324 g/mol. The Morgan fingerprint density at radius 1 is 1.04 bits per heavy atom. The van der Waals surface area contributed by atoms with Crippen molar-refractivity contribution in [3.8, 4) is 5.75 Å². The normalized spacial score (nSPS) is 10.7. The van der Waals surface area contributed by atoms with E-state index >= 15 is 0 Å². The Hall–Kier alpha value is -2.49. The molecule has 2 rings (SSSR count). The summed E-state index contributed by atoms with van der Waals surface area (Å²) in [4.78, 5) is 12.4. The first-order valence-corrected chi connectivity index (χ1v) is 9.44. The molecule has 0 spiro atoms. The van der Waals surface area contributed by atoms with Crippen molar-refractivity contribution in [1.29, 1.82) is 0 Å². The number of carbonyl (C=O) groups is 1. The van der Waals surface area contributed by atoms with Crippen LogP contribution in [0.15, 0.2) is 42.5 Å². The Labute approximate surface area is 157 Å². The molecule has 0 saturated heterocycles. The fourth-order valence-electron chi connectivity index (χ4n) is 3.02. The molecule has 4 nitrogen and oxygen atoms in total. The van der Waals surface area contributed by atoms with E-state index in [1.54, 1.807) is 0 Å². The molecule has 0 bridgehead atoms. The highest BCUT2D eigenvalue weighted by molar-refractivity contribution is 5.91. The third kappa shape index (κ3) is 5.25. The Bertz CT molecular complexity index is 726. The number of anilines is 1. The Balaban J connectivity index is 1.98. The van der Waals surface area contributed by atoms with Crippen LogP contribution in [0.2, 0.25) is 0 Å². The van der Waals surface area contributed by atoms with Crippen molar-refractivity contribution < 1.29 is 9.53 Å². The number of para-hydroxylation sites is 2. The Morgan fingerprint density at radius 2 is 1.77 bits per heavy atom. The second-order valence-electron chi connectivity index (χ2n) is 6.56. The lowest BCUT2D eigenvalue weighted by Crippen LogP contribution is -2.31. The van der Waals surface area contributed by atoms with E-state index in [-0.39, 0.29) is 6.03 Å². The van der Waals surface area contributed by atoms with E-state index in [4.69, 9.17) is 4.74 Å². The number of hydrogen-bond donors (Lipinski definition) is 2. The maximum Gasteiger partial charge on any atom is 0.319 e. The highest BCUT2D eigenvalue weighted by Crippen LogP contribution is 2.28. The lowest BCUT2D eigenvalue weighted by Gasteiger charge is -2.18. The molecule has 0 heterocycles. The number of aryl methyl sites for hydroxylation is 1. The number of amides is 2. The summed E-state index contributed by atoms with van der Waals surface area (Å²) in [5.74, 6) is 1.24. The zero-order valence-corrected chi connectivity index (χ0v) is 16.3. The van der Waals surface area contributed by atoms with Crippen molar-refractivity contribution >= 4 is 11.7 Å². The molecule has 140 valence electrons. The van der Waals surface area contributed by atoms with Gasteiger partial charge >= 0.3 is 6.03 Å². The summed E-state index contributed by atoms with van der Waals surface area (Å²) in [7, 11) is 0. The van der Waals surface area contributed by atoms with Crippen molar-refractivity contribution in [2.75, 3.05) is 18.5 Å². The van der Waals surface area contributed by atoms with Crippen molar-refractivity contribution in [1.82, 2.24) is 5.32 Å². The summed E-state index contributed by atoms with van der Waals surface area (Å²) >= 11 is 0. The minimum absolute atomic E-state index is 0.165. The molecule has 0 fully saturated rings. The van der Waals surface area contributed by atoms with Crippen LogP contribution >= 0.6 is 0 Å². The molecule has 2 aromatic rings. The maximum absolute atomic E-state index is 12.4. The van der Waals surface area contributed by atoms with E-state index in [0.29, 0.717) is 19.1 Å². The van der Waals surface area contributed by atoms with Crippen molar-refractivity contribution in [3.63, 3.8) is 0 Å². The molecular formula is C22H30N2O2. The third-order valence-corrected chi connectivity index (χ3v) is 4.38. The van der Waals surface area contributed by atoms with Gasteiger partial charge < -0.3 is 15.4 Å². The van der Waals surface area contributed by atoms with Crippen LogP contribution in [0.5, 0.6) is 5.75 Å². The highest BCUT2D eigenvalue weighted by Gasteiger charge is 2.13. The SMILES string of the molecule is CCOc1ccccc1CCNC(=O)Nc1c(CC)cccc1C(C)C. The van der Waals surface area contributed by atoms with Gasteiger partial charge in [-0.05, 0) is 48.4 Å². The number of nitrogens with one attached hydrogen (secondary N) is 2. The summed E-state index contributed by atoms with van der Waals surface area (Å²) in [5.41, 5.74) is 4.37. The van der Waals surface area contributed by atoms with E-state index < -0.39 is 0 Å². The second kappa shape index (κ2) is 9.85. The molecule has 0 aromatic heterocycles. The van der Waals surface area contributed by atoms with Crippen LogP contribution in [0.1, 0.15) is 50.3 Å². The predicted octanol–water partition coefficient (Wildman–Crippen LogP) is 5.14. The van der Waals surface area contributed by atoms with E-state index in [0.717, 1.165) is 35.4 Å². The molecule has 0 aliphatic carbocycles. The predicted molar refractivity (Wildman–Crippen MR) is 108 cm³/mol. The van der Waals surface area contributed by atoms with Gasteiger partial charge in [0.15, 0.2) is 0 Å². The minimum Gasteiger partial charge on any atom is -0.494 e. The fourth-order valence-corrected chi connectivity index (χ4v) is 3.02. The monoisotopic (exact) mass is 354 g/mol. The lowest BCUT2D eigenvalue weighted by atomic mass is 9.96. The summed E-state index contributed by atoms with van der Waals surface area (Å²) in [6.07, 6.45) is 1.62. The average Bonchev–Trinajstić information content (AvgIpc) is 2.63. The van der Waals surface area contributed by atoms with Gasteiger partial charge in [0.2, 0.25) is 0 Å². The van der Waals surface area contributed by atoms with Crippen LogP contribution < -0.4 is 15.4 Å². The first-order valence-electron chi connectivity index (χ1n) is 9.44. The van der Waals surface area contributed by atoms with E-state index in [9.17, 15) is 4.79 Å². The summed E-state index contributed by atoms with van der Waals surface area (Å²) in [6.45, 7) is 9.55. The topological polar surface area (TPSA) is 50.4 Å². The zero-order valence-electron chi connectivity index (χ0n) is 16.3. The summed E-state index contributed by atoms with van der Waals surface area (Å²) in [5, 5.41) is 6.02. The zero-order chi connectivity index (χ0) is 18.9. The lowest BCUT2D eigenvalue weighted by molar-refractivity contribution is 0.252. The number of benzene rings is 2. The summed E-state index contributed by atoms with van der Waals surface area (Å²) < 4.78 is 5.63. The van der Waals surface area contributed by atoms with Crippen LogP contribution in [0.3, 0.4) is 0 Å². The van der Waals surface area contributed by atoms with Gasteiger partial charge in [0, 0.05) is 12.2 Å². The molecule has 0 aliphatic rings. The minimum atomic E-state index is -0.165. The third-order valence-electron chi connectivity index (χ3n) is 4.38. The van der Waals surface area contributed by atoms with Gasteiger partial charge in [-0.3, -0.25) is 0 Å². The van der Waals surface area contributed by atoms with Crippen molar-refractivity contribution in [2.24, 2.45) is 0 Å². The first-order chi connectivity index (χ1) is 12.6. The quantitative estimate of drug-likeness (QED) is 0.690. The van der Waals surface area contributed by atoms with Crippen LogP contribution in [-0.4, -0.2) is 19.2 Å². The first kappa shape index (κ1) is 19.8. The van der Waals surface area contributed by atoms with Crippen LogP contribution in [0.4, 0.5) is 10.5 Å².